The average molecular weight is 473 g/mol. The Morgan fingerprint density at radius 3 is 2.18 bits per heavy atom. The highest BCUT2D eigenvalue weighted by Crippen LogP contribution is 2.39. The number of aromatic nitrogens is 1. The number of hydrogen-bond acceptors (Lipinski definition) is 1. The number of primary amides is 1. The van der Waals surface area contributed by atoms with E-state index < -0.39 is 5.91 Å². The van der Waals surface area contributed by atoms with Crippen LogP contribution in [-0.4, -0.2) is 10.5 Å². The number of rotatable bonds is 4. The molecule has 164 valence electrons. The van der Waals surface area contributed by atoms with Crippen molar-refractivity contribution in [3.05, 3.63) is 105 Å². The second-order valence-electron chi connectivity index (χ2n) is 8.47. The fourth-order valence-electron chi connectivity index (χ4n) is 4.79. The molecule has 4 aromatic carbocycles. The Bertz CT molecular complexity index is 1530. The zero-order valence-corrected chi connectivity index (χ0v) is 19.8. The zero-order valence-electron chi connectivity index (χ0n) is 18.3. The summed E-state index contributed by atoms with van der Waals surface area (Å²) in [7, 11) is 0. The van der Waals surface area contributed by atoms with Crippen molar-refractivity contribution in [2.24, 2.45) is 5.73 Å². The van der Waals surface area contributed by atoms with Gasteiger partial charge in [0.1, 0.15) is 0 Å². The summed E-state index contributed by atoms with van der Waals surface area (Å²) in [5, 5.41) is 3.02. The molecule has 0 radical (unpaired) electrons. The van der Waals surface area contributed by atoms with Gasteiger partial charge in [-0.25, -0.2) is 0 Å². The molecule has 33 heavy (non-hydrogen) atoms. The van der Waals surface area contributed by atoms with E-state index in [-0.39, 0.29) is 0 Å². The molecule has 1 heterocycles. The van der Waals surface area contributed by atoms with Crippen molar-refractivity contribution >= 4 is 50.9 Å². The van der Waals surface area contributed by atoms with Gasteiger partial charge in [0.2, 0.25) is 5.91 Å². The number of benzene rings is 4. The van der Waals surface area contributed by atoms with Crippen LogP contribution in [0.15, 0.2) is 72.8 Å². The Labute approximate surface area is 202 Å². The normalized spacial score (nSPS) is 11.4. The van der Waals surface area contributed by atoms with E-state index in [1.54, 1.807) is 6.07 Å². The Kier molecular flexibility index (Phi) is 5.40. The standard InChI is InChI=1S/C28H22Cl2N2O/c1-16-11-17(2)13-18(12-16)15-32-24-8-3-5-21(28(31)33)27(24)20-10-9-19(14-25(20)32)26-22(29)6-4-7-23(26)30/h3-14H,15H2,1-2H3,(H2,31,33). The van der Waals surface area contributed by atoms with Crippen LogP contribution in [0.5, 0.6) is 0 Å². The summed E-state index contributed by atoms with van der Waals surface area (Å²) < 4.78 is 2.24. The molecule has 2 N–H and O–H groups in total. The Balaban J connectivity index is 1.83. The number of halogens is 2. The minimum absolute atomic E-state index is 0.440. The molecule has 5 rings (SSSR count). The summed E-state index contributed by atoms with van der Waals surface area (Å²) in [5.74, 6) is -0.440. The third kappa shape index (κ3) is 3.78. The van der Waals surface area contributed by atoms with Crippen molar-refractivity contribution in [1.82, 2.24) is 4.57 Å². The van der Waals surface area contributed by atoms with Crippen LogP contribution in [0.3, 0.4) is 0 Å². The van der Waals surface area contributed by atoms with E-state index in [9.17, 15) is 4.79 Å². The molecule has 3 nitrogen and oxygen atoms in total. The monoisotopic (exact) mass is 472 g/mol. The van der Waals surface area contributed by atoms with Gasteiger partial charge >= 0.3 is 0 Å². The first-order valence-electron chi connectivity index (χ1n) is 10.7. The van der Waals surface area contributed by atoms with Gasteiger partial charge in [0.25, 0.3) is 0 Å². The van der Waals surface area contributed by atoms with Gasteiger partial charge < -0.3 is 10.3 Å². The van der Waals surface area contributed by atoms with E-state index in [2.05, 4.69) is 42.7 Å². The van der Waals surface area contributed by atoms with Crippen LogP contribution >= 0.6 is 23.2 Å². The van der Waals surface area contributed by atoms with Crippen LogP contribution in [-0.2, 0) is 6.54 Å². The highest BCUT2D eigenvalue weighted by molar-refractivity contribution is 6.39. The summed E-state index contributed by atoms with van der Waals surface area (Å²) in [6.07, 6.45) is 0. The SMILES string of the molecule is Cc1cc(C)cc(Cn2c3cc(-c4c(Cl)cccc4Cl)ccc3c3c(C(N)=O)cccc32)c1. The predicted molar refractivity (Wildman–Crippen MR) is 138 cm³/mol. The molecule has 0 aliphatic rings. The number of carbonyl (C=O) groups is 1. The summed E-state index contributed by atoms with van der Waals surface area (Å²) in [6, 6.07) is 23.9. The molecular formula is C28H22Cl2N2O. The Hall–Kier alpha value is -3.27. The van der Waals surface area contributed by atoms with Crippen molar-refractivity contribution in [3.63, 3.8) is 0 Å². The van der Waals surface area contributed by atoms with Gasteiger partial charge in [-0.05, 0) is 55.3 Å². The molecule has 0 unspecified atom stereocenters. The van der Waals surface area contributed by atoms with Crippen LogP contribution in [0.25, 0.3) is 32.9 Å². The Morgan fingerprint density at radius 2 is 1.52 bits per heavy atom. The molecule has 0 spiro atoms. The molecule has 0 saturated heterocycles. The van der Waals surface area contributed by atoms with Crippen LogP contribution in [0.2, 0.25) is 10.0 Å². The minimum atomic E-state index is -0.440. The van der Waals surface area contributed by atoms with E-state index in [1.807, 2.05) is 42.5 Å². The van der Waals surface area contributed by atoms with Crippen molar-refractivity contribution in [2.45, 2.75) is 20.4 Å². The molecular weight excluding hydrogens is 451 g/mol. The van der Waals surface area contributed by atoms with Gasteiger partial charge in [-0.2, -0.15) is 0 Å². The van der Waals surface area contributed by atoms with Crippen LogP contribution < -0.4 is 5.73 Å². The summed E-state index contributed by atoms with van der Waals surface area (Å²) >= 11 is 13.0. The van der Waals surface area contributed by atoms with Gasteiger partial charge in [0, 0.05) is 38.5 Å². The maximum atomic E-state index is 12.3. The first-order chi connectivity index (χ1) is 15.8. The number of aryl methyl sites for hydroxylation is 2. The van der Waals surface area contributed by atoms with E-state index >= 15 is 0 Å². The van der Waals surface area contributed by atoms with E-state index in [0.29, 0.717) is 22.2 Å². The number of nitrogens with two attached hydrogens (primary N) is 1. The number of amides is 1. The summed E-state index contributed by atoms with van der Waals surface area (Å²) in [4.78, 5) is 12.3. The lowest BCUT2D eigenvalue weighted by molar-refractivity contribution is 0.100. The van der Waals surface area contributed by atoms with Crippen molar-refractivity contribution in [1.29, 1.82) is 0 Å². The quantitative estimate of drug-likeness (QED) is 0.288. The molecule has 0 atom stereocenters. The van der Waals surface area contributed by atoms with Gasteiger partial charge in [-0.15, -0.1) is 0 Å². The van der Waals surface area contributed by atoms with E-state index in [1.165, 1.54) is 16.7 Å². The fourth-order valence-corrected chi connectivity index (χ4v) is 5.41. The number of fused-ring (bicyclic) bond motifs is 3. The van der Waals surface area contributed by atoms with Gasteiger partial charge in [0.15, 0.2) is 0 Å². The van der Waals surface area contributed by atoms with Gasteiger partial charge in [0.05, 0.1) is 11.0 Å². The molecule has 0 fully saturated rings. The second kappa shape index (κ2) is 8.26. The summed E-state index contributed by atoms with van der Waals surface area (Å²) in [6.45, 7) is 4.86. The first-order valence-corrected chi connectivity index (χ1v) is 11.5. The number of nitrogens with zero attached hydrogens (tertiary/aromatic N) is 1. The van der Waals surface area contributed by atoms with E-state index in [4.69, 9.17) is 28.9 Å². The third-order valence-electron chi connectivity index (χ3n) is 6.03. The Morgan fingerprint density at radius 1 is 0.848 bits per heavy atom. The van der Waals surface area contributed by atoms with Crippen LogP contribution in [0.4, 0.5) is 0 Å². The van der Waals surface area contributed by atoms with E-state index in [0.717, 1.165) is 32.9 Å². The molecule has 0 aliphatic heterocycles. The van der Waals surface area contributed by atoms with Gasteiger partial charge in [-0.1, -0.05) is 76.8 Å². The molecule has 0 bridgehead atoms. The lowest BCUT2D eigenvalue weighted by atomic mass is 10.0. The average Bonchev–Trinajstić information content (AvgIpc) is 3.06. The lowest BCUT2D eigenvalue weighted by Gasteiger charge is -2.12. The molecule has 1 amide bonds. The maximum Gasteiger partial charge on any atom is 0.249 e. The molecule has 5 aromatic rings. The van der Waals surface area contributed by atoms with Crippen molar-refractivity contribution in [3.8, 4) is 11.1 Å². The molecule has 1 aromatic heterocycles. The third-order valence-corrected chi connectivity index (χ3v) is 6.66. The second-order valence-corrected chi connectivity index (χ2v) is 9.29. The van der Waals surface area contributed by atoms with Crippen molar-refractivity contribution in [2.75, 3.05) is 0 Å². The number of carbonyl (C=O) groups excluding carboxylic acids is 1. The largest absolute Gasteiger partial charge is 0.366 e. The summed E-state index contributed by atoms with van der Waals surface area (Å²) in [5.41, 5.74) is 13.6. The molecule has 0 aliphatic carbocycles. The smallest absolute Gasteiger partial charge is 0.249 e. The molecule has 5 heteroatoms. The first kappa shape index (κ1) is 21.6. The van der Waals surface area contributed by atoms with Gasteiger partial charge in [-0.3, -0.25) is 4.79 Å². The number of hydrogen-bond donors (Lipinski definition) is 1. The highest BCUT2D eigenvalue weighted by Gasteiger charge is 2.18. The van der Waals surface area contributed by atoms with Crippen molar-refractivity contribution < 1.29 is 4.79 Å². The molecule has 0 saturated carbocycles. The fraction of sp³-hybridized carbons (Fsp3) is 0.107. The van der Waals surface area contributed by atoms with Crippen LogP contribution in [0.1, 0.15) is 27.0 Å². The minimum Gasteiger partial charge on any atom is -0.366 e. The topological polar surface area (TPSA) is 48.0 Å². The van der Waals surface area contributed by atoms with Crippen LogP contribution in [0, 0.1) is 13.8 Å². The highest BCUT2D eigenvalue weighted by atomic mass is 35.5. The zero-order chi connectivity index (χ0) is 23.3. The lowest BCUT2D eigenvalue weighted by Crippen LogP contribution is -2.11. The predicted octanol–water partition coefficient (Wildman–Crippen LogP) is 7.53. The maximum absolute atomic E-state index is 12.3.